The largest absolute Gasteiger partial charge is 0.342 e. The van der Waals surface area contributed by atoms with E-state index < -0.39 is 0 Å². The molecule has 1 aliphatic heterocycles. The molecule has 0 aliphatic carbocycles. The Labute approximate surface area is 135 Å². The quantitative estimate of drug-likeness (QED) is 0.920. The predicted molar refractivity (Wildman–Crippen MR) is 87.7 cm³/mol. The van der Waals surface area contributed by atoms with Crippen LogP contribution in [0.15, 0.2) is 54.9 Å². The summed E-state index contributed by atoms with van der Waals surface area (Å²) < 4.78 is 0. The Morgan fingerprint density at radius 3 is 2.65 bits per heavy atom. The summed E-state index contributed by atoms with van der Waals surface area (Å²) >= 11 is 0. The van der Waals surface area contributed by atoms with Crippen LogP contribution in [0.1, 0.15) is 12.0 Å². The van der Waals surface area contributed by atoms with Gasteiger partial charge in [-0.05, 0) is 24.1 Å². The molecule has 1 aromatic carbocycles. The zero-order valence-electron chi connectivity index (χ0n) is 12.8. The van der Waals surface area contributed by atoms with Crippen LogP contribution in [0.2, 0.25) is 0 Å². The number of aromatic nitrogens is 1. The Hall–Kier alpha value is -2.69. The first-order chi connectivity index (χ1) is 11.2. The number of nitrogens with zero attached hydrogens (tertiary/aromatic N) is 2. The number of hydrogen-bond donors (Lipinski definition) is 1. The maximum Gasteiger partial charge on any atom is 0.229 e. The van der Waals surface area contributed by atoms with Gasteiger partial charge in [0, 0.05) is 37.6 Å². The standard InChI is InChI=1S/C18H19N3O2/c22-17-12-15(18(23)20-16-6-9-19-10-7-16)13-21(17)11-8-14-4-2-1-3-5-14/h1-7,9-10,15H,8,11-13H2,(H,19,20,23). The van der Waals surface area contributed by atoms with E-state index in [1.54, 1.807) is 29.4 Å². The number of carbonyl (C=O) groups excluding carboxylic acids is 2. The molecule has 2 heterocycles. The molecule has 0 radical (unpaired) electrons. The molecule has 1 aromatic heterocycles. The van der Waals surface area contributed by atoms with Crippen molar-refractivity contribution in [2.24, 2.45) is 5.92 Å². The monoisotopic (exact) mass is 309 g/mol. The van der Waals surface area contributed by atoms with Crippen molar-refractivity contribution in [3.8, 4) is 0 Å². The highest BCUT2D eigenvalue weighted by atomic mass is 16.2. The maximum atomic E-state index is 12.3. The van der Waals surface area contributed by atoms with Crippen molar-refractivity contribution in [2.45, 2.75) is 12.8 Å². The van der Waals surface area contributed by atoms with Gasteiger partial charge in [0.05, 0.1) is 5.92 Å². The first-order valence-electron chi connectivity index (χ1n) is 7.75. The van der Waals surface area contributed by atoms with Gasteiger partial charge in [-0.15, -0.1) is 0 Å². The van der Waals surface area contributed by atoms with Gasteiger partial charge in [0.2, 0.25) is 11.8 Å². The zero-order valence-corrected chi connectivity index (χ0v) is 12.8. The highest BCUT2D eigenvalue weighted by Gasteiger charge is 2.33. The van der Waals surface area contributed by atoms with Crippen molar-refractivity contribution in [1.82, 2.24) is 9.88 Å². The Bertz CT molecular complexity index is 673. The van der Waals surface area contributed by atoms with E-state index in [4.69, 9.17) is 0 Å². The zero-order chi connectivity index (χ0) is 16.1. The molecule has 1 N–H and O–H groups in total. The lowest BCUT2D eigenvalue weighted by molar-refractivity contribution is -0.128. The van der Waals surface area contributed by atoms with Crippen LogP contribution in [-0.4, -0.2) is 34.8 Å². The van der Waals surface area contributed by atoms with Crippen molar-refractivity contribution >= 4 is 17.5 Å². The van der Waals surface area contributed by atoms with E-state index in [9.17, 15) is 9.59 Å². The molecular formula is C18H19N3O2. The smallest absolute Gasteiger partial charge is 0.229 e. The fourth-order valence-electron chi connectivity index (χ4n) is 2.75. The Kier molecular flexibility index (Phi) is 4.66. The molecule has 2 amide bonds. The van der Waals surface area contributed by atoms with Crippen molar-refractivity contribution in [3.63, 3.8) is 0 Å². The van der Waals surface area contributed by atoms with Crippen LogP contribution in [0.4, 0.5) is 5.69 Å². The van der Waals surface area contributed by atoms with Crippen LogP contribution < -0.4 is 5.32 Å². The molecule has 0 saturated carbocycles. The van der Waals surface area contributed by atoms with Crippen LogP contribution in [0.25, 0.3) is 0 Å². The molecule has 1 fully saturated rings. The Morgan fingerprint density at radius 1 is 1.17 bits per heavy atom. The third kappa shape index (κ3) is 3.94. The van der Waals surface area contributed by atoms with Crippen LogP contribution >= 0.6 is 0 Å². The minimum Gasteiger partial charge on any atom is -0.342 e. The molecule has 1 unspecified atom stereocenters. The number of amides is 2. The van der Waals surface area contributed by atoms with Crippen molar-refractivity contribution < 1.29 is 9.59 Å². The minimum atomic E-state index is -0.286. The second-order valence-electron chi connectivity index (χ2n) is 5.70. The van der Waals surface area contributed by atoms with Crippen LogP contribution in [0.5, 0.6) is 0 Å². The highest BCUT2D eigenvalue weighted by Crippen LogP contribution is 2.20. The first kappa shape index (κ1) is 15.2. The summed E-state index contributed by atoms with van der Waals surface area (Å²) in [5.74, 6) is -0.339. The van der Waals surface area contributed by atoms with Crippen LogP contribution in [-0.2, 0) is 16.0 Å². The second-order valence-corrected chi connectivity index (χ2v) is 5.70. The summed E-state index contributed by atoms with van der Waals surface area (Å²) in [6.07, 6.45) is 4.35. The third-order valence-corrected chi connectivity index (χ3v) is 4.05. The molecular weight excluding hydrogens is 290 g/mol. The number of anilines is 1. The molecule has 1 saturated heterocycles. The van der Waals surface area contributed by atoms with E-state index >= 15 is 0 Å². The highest BCUT2D eigenvalue weighted by molar-refractivity contribution is 5.97. The van der Waals surface area contributed by atoms with Gasteiger partial charge in [-0.3, -0.25) is 14.6 Å². The molecule has 2 aromatic rings. The minimum absolute atomic E-state index is 0.0517. The lowest BCUT2D eigenvalue weighted by atomic mass is 10.1. The Balaban J connectivity index is 1.53. The molecule has 1 aliphatic rings. The number of hydrogen-bond acceptors (Lipinski definition) is 3. The maximum absolute atomic E-state index is 12.3. The summed E-state index contributed by atoms with van der Waals surface area (Å²) in [5.41, 5.74) is 1.91. The van der Waals surface area contributed by atoms with Gasteiger partial charge in [0.1, 0.15) is 0 Å². The summed E-state index contributed by atoms with van der Waals surface area (Å²) in [6.45, 7) is 1.14. The van der Waals surface area contributed by atoms with Gasteiger partial charge in [-0.2, -0.15) is 0 Å². The number of likely N-dealkylation sites (tertiary alicyclic amines) is 1. The molecule has 1 atom stereocenters. The fraction of sp³-hybridized carbons (Fsp3) is 0.278. The normalized spacial score (nSPS) is 17.3. The molecule has 0 bridgehead atoms. The van der Waals surface area contributed by atoms with Gasteiger partial charge < -0.3 is 10.2 Å². The lowest BCUT2D eigenvalue weighted by Gasteiger charge is -2.16. The number of nitrogens with one attached hydrogen (secondary N) is 1. The fourth-order valence-corrected chi connectivity index (χ4v) is 2.75. The molecule has 23 heavy (non-hydrogen) atoms. The van der Waals surface area contributed by atoms with E-state index in [-0.39, 0.29) is 24.2 Å². The van der Waals surface area contributed by atoms with Crippen LogP contribution in [0, 0.1) is 5.92 Å². The van der Waals surface area contributed by atoms with E-state index in [0.29, 0.717) is 18.8 Å². The van der Waals surface area contributed by atoms with E-state index in [1.807, 2.05) is 30.3 Å². The van der Waals surface area contributed by atoms with Crippen molar-refractivity contribution in [1.29, 1.82) is 0 Å². The molecule has 5 heteroatoms. The predicted octanol–water partition coefficient (Wildman–Crippen LogP) is 2.11. The number of benzene rings is 1. The van der Waals surface area contributed by atoms with E-state index in [1.165, 1.54) is 5.56 Å². The average molecular weight is 309 g/mol. The SMILES string of the molecule is O=C(Nc1ccncc1)C1CC(=O)N(CCc2ccccc2)C1. The third-order valence-electron chi connectivity index (χ3n) is 4.05. The van der Waals surface area contributed by atoms with E-state index in [0.717, 1.165) is 6.42 Å². The van der Waals surface area contributed by atoms with Crippen LogP contribution in [0.3, 0.4) is 0 Å². The molecule has 3 rings (SSSR count). The number of rotatable bonds is 5. The molecule has 0 spiro atoms. The molecule has 5 nitrogen and oxygen atoms in total. The van der Waals surface area contributed by atoms with Gasteiger partial charge in [-0.1, -0.05) is 30.3 Å². The topological polar surface area (TPSA) is 62.3 Å². The lowest BCUT2D eigenvalue weighted by Crippen LogP contribution is -2.30. The Morgan fingerprint density at radius 2 is 1.91 bits per heavy atom. The number of pyridine rings is 1. The summed E-state index contributed by atoms with van der Waals surface area (Å²) in [4.78, 5) is 30.1. The number of carbonyl (C=O) groups is 2. The summed E-state index contributed by atoms with van der Waals surface area (Å²) in [5, 5.41) is 2.84. The van der Waals surface area contributed by atoms with Gasteiger partial charge >= 0.3 is 0 Å². The molecule has 118 valence electrons. The van der Waals surface area contributed by atoms with Crippen molar-refractivity contribution in [3.05, 3.63) is 60.4 Å². The average Bonchev–Trinajstić information content (AvgIpc) is 2.96. The van der Waals surface area contributed by atoms with Gasteiger partial charge in [-0.25, -0.2) is 0 Å². The van der Waals surface area contributed by atoms with Crippen molar-refractivity contribution in [2.75, 3.05) is 18.4 Å². The van der Waals surface area contributed by atoms with E-state index in [2.05, 4.69) is 10.3 Å². The van der Waals surface area contributed by atoms with Gasteiger partial charge in [0.25, 0.3) is 0 Å². The second kappa shape index (κ2) is 7.05. The summed E-state index contributed by atoms with van der Waals surface area (Å²) in [7, 11) is 0. The first-order valence-corrected chi connectivity index (χ1v) is 7.75. The summed E-state index contributed by atoms with van der Waals surface area (Å²) in [6, 6.07) is 13.5. The van der Waals surface area contributed by atoms with Gasteiger partial charge in [0.15, 0.2) is 0 Å².